The van der Waals surface area contributed by atoms with Crippen molar-refractivity contribution in [2.75, 3.05) is 0 Å². The minimum absolute atomic E-state index is 0.178. The first kappa shape index (κ1) is 20.4. The molecule has 2 N–H and O–H groups in total. The van der Waals surface area contributed by atoms with Gasteiger partial charge in [-0.1, -0.05) is 72.9 Å². The Morgan fingerprint density at radius 2 is 1.79 bits per heavy atom. The van der Waals surface area contributed by atoms with Crippen LogP contribution in [0.3, 0.4) is 0 Å². The third kappa shape index (κ3) is 5.56. The van der Waals surface area contributed by atoms with Gasteiger partial charge in [-0.05, 0) is 24.6 Å². The summed E-state index contributed by atoms with van der Waals surface area (Å²) in [4.78, 5) is 30.2. The molecule has 3 rings (SSSR count). The molecule has 1 aliphatic heterocycles. The normalized spacial score (nSPS) is 13.3. The van der Waals surface area contributed by atoms with E-state index in [1.54, 1.807) is 17.8 Å². The highest BCUT2D eigenvalue weighted by Crippen LogP contribution is 2.29. The standard InChI is InChI=1S/C23H21N3O2S/c1-3-18(23(28)26-25-22(27)13-17-9-5-4-6-10-17)14-19-15-29-21-12-8-7-11-20(21)16(2)24-19/h3-12,14-15H,1,13H2,2H3,(H,25,27)(H,26,28)/b18-14+. The maximum atomic E-state index is 12.4. The van der Waals surface area contributed by atoms with Crippen LogP contribution in [0.25, 0.3) is 0 Å². The van der Waals surface area contributed by atoms with E-state index in [4.69, 9.17) is 0 Å². The maximum Gasteiger partial charge on any atom is 0.269 e. The molecule has 0 bridgehead atoms. The number of nitrogens with zero attached hydrogens (tertiary/aromatic N) is 1. The average molecular weight is 404 g/mol. The quantitative estimate of drug-likeness (QED) is 0.451. The predicted molar refractivity (Wildman–Crippen MR) is 117 cm³/mol. The number of hydrazine groups is 1. The summed E-state index contributed by atoms with van der Waals surface area (Å²) in [7, 11) is 0. The van der Waals surface area contributed by atoms with E-state index in [9.17, 15) is 9.59 Å². The van der Waals surface area contributed by atoms with E-state index in [1.165, 1.54) is 6.08 Å². The first-order chi connectivity index (χ1) is 14.1. The maximum absolute atomic E-state index is 12.4. The molecule has 0 aromatic heterocycles. The zero-order chi connectivity index (χ0) is 20.6. The number of carbonyl (C=O) groups is 2. The molecule has 2 amide bonds. The van der Waals surface area contributed by atoms with Gasteiger partial charge in [-0.25, -0.2) is 0 Å². The molecule has 2 aromatic carbocycles. The van der Waals surface area contributed by atoms with Gasteiger partial charge in [0.1, 0.15) is 0 Å². The Labute approximate surface area is 174 Å². The molecule has 5 nitrogen and oxygen atoms in total. The number of benzene rings is 2. The van der Waals surface area contributed by atoms with Crippen LogP contribution >= 0.6 is 11.8 Å². The summed E-state index contributed by atoms with van der Waals surface area (Å²) in [5.74, 6) is -0.761. The summed E-state index contributed by atoms with van der Waals surface area (Å²) in [6.45, 7) is 5.63. The van der Waals surface area contributed by atoms with Crippen LogP contribution < -0.4 is 10.9 Å². The first-order valence-corrected chi connectivity index (χ1v) is 9.93. The van der Waals surface area contributed by atoms with Crippen molar-refractivity contribution in [3.63, 3.8) is 0 Å². The molecule has 0 aliphatic carbocycles. The van der Waals surface area contributed by atoms with Crippen molar-refractivity contribution in [2.45, 2.75) is 18.2 Å². The molecule has 0 spiro atoms. The lowest BCUT2D eigenvalue weighted by atomic mass is 10.1. The highest BCUT2D eigenvalue weighted by Gasteiger charge is 2.12. The third-order valence-electron chi connectivity index (χ3n) is 4.19. The van der Waals surface area contributed by atoms with E-state index in [-0.39, 0.29) is 12.3 Å². The van der Waals surface area contributed by atoms with Crippen LogP contribution in [0, 0.1) is 0 Å². The zero-order valence-corrected chi connectivity index (χ0v) is 16.8. The molecule has 1 heterocycles. The Morgan fingerprint density at radius 3 is 2.55 bits per heavy atom. The van der Waals surface area contributed by atoms with Crippen molar-refractivity contribution < 1.29 is 9.59 Å². The molecular formula is C23H21N3O2S. The molecule has 0 saturated carbocycles. The number of thioether (sulfide) groups is 1. The molecule has 0 fully saturated rings. The first-order valence-electron chi connectivity index (χ1n) is 9.05. The van der Waals surface area contributed by atoms with Gasteiger partial charge in [0.15, 0.2) is 0 Å². The molecule has 0 radical (unpaired) electrons. The van der Waals surface area contributed by atoms with Gasteiger partial charge in [0.2, 0.25) is 5.91 Å². The fourth-order valence-corrected chi connectivity index (χ4v) is 3.61. The summed E-state index contributed by atoms with van der Waals surface area (Å²) in [6, 6.07) is 17.3. The highest BCUT2D eigenvalue weighted by molar-refractivity contribution is 8.02. The van der Waals surface area contributed by atoms with E-state index >= 15 is 0 Å². The second kappa shape index (κ2) is 9.71. The van der Waals surface area contributed by atoms with Gasteiger partial charge in [-0.15, -0.1) is 0 Å². The van der Waals surface area contributed by atoms with Crippen LogP contribution in [0.15, 0.2) is 99.9 Å². The second-order valence-corrected chi connectivity index (χ2v) is 7.23. The number of aliphatic imine (C=N–C) groups is 1. The zero-order valence-electron chi connectivity index (χ0n) is 16.0. The van der Waals surface area contributed by atoms with Gasteiger partial charge >= 0.3 is 0 Å². The number of allylic oxidation sites excluding steroid dienone is 1. The highest BCUT2D eigenvalue weighted by atomic mass is 32.2. The topological polar surface area (TPSA) is 70.6 Å². The van der Waals surface area contributed by atoms with E-state index in [0.717, 1.165) is 21.7 Å². The van der Waals surface area contributed by atoms with Gasteiger partial charge in [0.05, 0.1) is 12.1 Å². The molecule has 29 heavy (non-hydrogen) atoms. The fraction of sp³-hybridized carbons (Fsp3) is 0.0870. The largest absolute Gasteiger partial charge is 0.273 e. The van der Waals surface area contributed by atoms with Gasteiger partial charge in [0.25, 0.3) is 5.91 Å². The van der Waals surface area contributed by atoms with Gasteiger partial charge in [0, 0.05) is 27.2 Å². The molecule has 2 aromatic rings. The Bertz CT molecular complexity index is 1020. The molecule has 146 valence electrons. The number of carbonyl (C=O) groups excluding carboxylic acids is 2. The monoisotopic (exact) mass is 403 g/mol. The van der Waals surface area contributed by atoms with E-state index in [2.05, 4.69) is 22.4 Å². The van der Waals surface area contributed by atoms with Crippen LogP contribution in [0.4, 0.5) is 0 Å². The van der Waals surface area contributed by atoms with E-state index in [0.29, 0.717) is 11.3 Å². The van der Waals surface area contributed by atoms with Crippen LogP contribution in [0.5, 0.6) is 0 Å². The Hall–Kier alpha value is -3.38. The summed E-state index contributed by atoms with van der Waals surface area (Å²) in [5.41, 5.74) is 8.60. The molecule has 0 saturated heterocycles. The fourth-order valence-electron chi connectivity index (χ4n) is 2.74. The molecule has 0 unspecified atom stereocenters. The lowest BCUT2D eigenvalue weighted by Gasteiger charge is -2.08. The van der Waals surface area contributed by atoms with Crippen molar-refractivity contribution in [3.8, 4) is 0 Å². The van der Waals surface area contributed by atoms with Crippen molar-refractivity contribution in [1.29, 1.82) is 0 Å². The number of hydrogen-bond acceptors (Lipinski definition) is 4. The minimum Gasteiger partial charge on any atom is -0.273 e. The summed E-state index contributed by atoms with van der Waals surface area (Å²) < 4.78 is 0. The minimum atomic E-state index is -0.457. The van der Waals surface area contributed by atoms with Crippen molar-refractivity contribution in [2.24, 2.45) is 4.99 Å². The van der Waals surface area contributed by atoms with Gasteiger partial charge in [-0.2, -0.15) is 0 Å². The Kier molecular flexibility index (Phi) is 6.81. The number of amides is 2. The summed E-state index contributed by atoms with van der Waals surface area (Å²) in [5, 5.41) is 1.89. The van der Waals surface area contributed by atoms with Gasteiger partial charge in [-0.3, -0.25) is 25.4 Å². The average Bonchev–Trinajstić information content (AvgIpc) is 2.90. The third-order valence-corrected chi connectivity index (χ3v) is 5.16. The molecule has 6 heteroatoms. The van der Waals surface area contributed by atoms with Crippen molar-refractivity contribution >= 4 is 29.3 Å². The number of fused-ring (bicyclic) bond motifs is 1. The van der Waals surface area contributed by atoms with Crippen LogP contribution in [-0.2, 0) is 16.0 Å². The van der Waals surface area contributed by atoms with E-state index < -0.39 is 5.91 Å². The lowest BCUT2D eigenvalue weighted by molar-refractivity contribution is -0.126. The van der Waals surface area contributed by atoms with Crippen LogP contribution in [0.1, 0.15) is 18.1 Å². The number of hydrogen-bond donors (Lipinski definition) is 2. The number of rotatable bonds is 5. The molecule has 1 aliphatic rings. The SMILES string of the molecule is C=C/C(=C\C1=CSc2ccccc2C(C)=N1)C(=O)NNC(=O)Cc1ccccc1. The summed E-state index contributed by atoms with van der Waals surface area (Å²) >= 11 is 1.55. The molecular weight excluding hydrogens is 382 g/mol. The van der Waals surface area contributed by atoms with Crippen LogP contribution in [0.2, 0.25) is 0 Å². The Balaban J connectivity index is 1.66. The van der Waals surface area contributed by atoms with Gasteiger partial charge < -0.3 is 0 Å². The predicted octanol–water partition coefficient (Wildman–Crippen LogP) is 3.95. The van der Waals surface area contributed by atoms with E-state index in [1.807, 2.05) is 66.9 Å². The Morgan fingerprint density at radius 1 is 1.07 bits per heavy atom. The van der Waals surface area contributed by atoms with Crippen LogP contribution in [-0.4, -0.2) is 17.5 Å². The lowest BCUT2D eigenvalue weighted by Crippen LogP contribution is -2.42. The second-order valence-electron chi connectivity index (χ2n) is 6.32. The molecule has 0 atom stereocenters. The van der Waals surface area contributed by atoms with Crippen molar-refractivity contribution in [3.05, 3.63) is 101 Å². The summed E-state index contributed by atoms with van der Waals surface area (Å²) in [6.07, 6.45) is 3.26. The van der Waals surface area contributed by atoms with Crippen molar-refractivity contribution in [1.82, 2.24) is 10.9 Å². The number of nitrogens with one attached hydrogen (secondary N) is 2. The smallest absolute Gasteiger partial charge is 0.269 e.